The number of hydrogen-bond acceptors (Lipinski definition) is 9. The number of ether oxygens (including phenoxy) is 2. The van der Waals surface area contributed by atoms with Gasteiger partial charge in [0.25, 0.3) is 0 Å². The van der Waals surface area contributed by atoms with E-state index in [1.807, 2.05) is 49.1 Å². The number of fused-ring (bicyclic) bond motifs is 2. The Bertz CT molecular complexity index is 2290. The average Bonchev–Trinajstić information content (AvgIpc) is 4.02. The first-order valence-corrected chi connectivity index (χ1v) is 19.4. The molecule has 2 aliphatic rings. The molecular weight excluding hydrogens is 729 g/mol. The Hall–Kier alpha value is -5.96. The van der Waals surface area contributed by atoms with Crippen LogP contribution in [0.15, 0.2) is 60.7 Å². The number of rotatable bonds is 10. The van der Waals surface area contributed by atoms with E-state index in [1.54, 1.807) is 4.90 Å². The SMILES string of the molecule is COC(=O)N[C@H](C(=O)N1CCC[C@H]1c1nc2ccc(-c3ccc(-c4ccc5nc([C@@H]6CCCN6C(=O)[C@@H](NC(=O)OC)C(C)(C)O)[nH]c5c4)cc3)cc2[nH]1)C(C)C. The highest BCUT2D eigenvalue weighted by Gasteiger charge is 2.42. The van der Waals surface area contributed by atoms with Gasteiger partial charge >= 0.3 is 12.2 Å². The van der Waals surface area contributed by atoms with Crippen molar-refractivity contribution in [1.29, 1.82) is 0 Å². The molecule has 0 aliphatic carbocycles. The number of nitrogens with zero attached hydrogens (tertiary/aromatic N) is 4. The molecule has 7 rings (SSSR count). The summed E-state index contributed by atoms with van der Waals surface area (Å²) in [5.41, 5.74) is 5.84. The van der Waals surface area contributed by atoms with Gasteiger partial charge < -0.3 is 45.0 Å². The first-order valence-electron chi connectivity index (χ1n) is 19.4. The number of likely N-dealkylation sites (tertiary alicyclic amines) is 2. The molecule has 0 radical (unpaired) electrons. The summed E-state index contributed by atoms with van der Waals surface area (Å²) in [6.07, 6.45) is 1.63. The fourth-order valence-corrected chi connectivity index (χ4v) is 7.98. The van der Waals surface area contributed by atoms with Crippen molar-refractivity contribution in [2.75, 3.05) is 27.3 Å². The van der Waals surface area contributed by atoms with E-state index in [-0.39, 0.29) is 23.9 Å². The number of aromatic amines is 2. The third-order valence-electron chi connectivity index (χ3n) is 11.0. The van der Waals surface area contributed by atoms with E-state index in [9.17, 15) is 24.3 Å². The standard InChI is InChI=1S/C42H50N8O7/c1-23(2)34(47-40(53)56-5)38(51)49-19-7-9-32(49)36-43-28-17-15-26(21-30(28)45-36)24-11-13-25(14-12-24)27-16-18-29-31(22-27)46-37(44-29)33-10-8-20-50(33)39(52)35(42(3,4)55)48-41(54)57-6/h11-18,21-23,32-35,55H,7-10,19-20H2,1-6H3,(H,43,45)(H,44,46)(H,47,53)(H,48,54)/t32-,33-,34-,35+/m0/s1. The van der Waals surface area contributed by atoms with Gasteiger partial charge in [-0.15, -0.1) is 0 Å². The summed E-state index contributed by atoms with van der Waals surface area (Å²) in [7, 11) is 2.50. The summed E-state index contributed by atoms with van der Waals surface area (Å²) >= 11 is 0. The molecular formula is C42H50N8O7. The minimum atomic E-state index is -1.52. The molecule has 0 bridgehead atoms. The second kappa shape index (κ2) is 15.9. The Morgan fingerprint density at radius 1 is 0.719 bits per heavy atom. The molecule has 0 unspecified atom stereocenters. The van der Waals surface area contributed by atoms with Crippen LogP contribution in [-0.4, -0.2) is 104 Å². The summed E-state index contributed by atoms with van der Waals surface area (Å²) in [5.74, 6) is 0.710. The maximum atomic E-state index is 13.7. The van der Waals surface area contributed by atoms with E-state index >= 15 is 0 Å². The van der Waals surface area contributed by atoms with Crippen LogP contribution in [0.4, 0.5) is 9.59 Å². The van der Waals surface area contributed by atoms with Crippen LogP contribution in [0.1, 0.15) is 77.1 Å². The number of nitrogens with one attached hydrogen (secondary N) is 4. The van der Waals surface area contributed by atoms with Crippen LogP contribution in [0.3, 0.4) is 0 Å². The number of carbonyl (C=O) groups is 4. The summed E-state index contributed by atoms with van der Waals surface area (Å²) < 4.78 is 9.47. The predicted molar refractivity (Wildman–Crippen MR) is 214 cm³/mol. The van der Waals surface area contributed by atoms with Gasteiger partial charge in [-0.05, 0) is 92.0 Å². The van der Waals surface area contributed by atoms with Gasteiger partial charge in [-0.2, -0.15) is 0 Å². The topological polar surface area (TPSA) is 195 Å². The molecule has 4 atom stereocenters. The zero-order valence-corrected chi connectivity index (χ0v) is 33.1. The van der Waals surface area contributed by atoms with Crippen LogP contribution in [0.25, 0.3) is 44.3 Å². The maximum absolute atomic E-state index is 13.7. The number of carbonyl (C=O) groups excluding carboxylic acids is 4. The number of imidazole rings is 2. The number of alkyl carbamates (subject to hydrolysis) is 2. The van der Waals surface area contributed by atoms with Crippen molar-refractivity contribution in [3.63, 3.8) is 0 Å². The number of hydrogen-bond donors (Lipinski definition) is 5. The van der Waals surface area contributed by atoms with E-state index < -0.39 is 35.8 Å². The van der Waals surface area contributed by atoms with Crippen LogP contribution in [0, 0.1) is 5.92 Å². The van der Waals surface area contributed by atoms with Crippen LogP contribution in [-0.2, 0) is 19.1 Å². The Morgan fingerprint density at radius 2 is 1.16 bits per heavy atom. The van der Waals surface area contributed by atoms with Crippen LogP contribution in [0.2, 0.25) is 0 Å². The van der Waals surface area contributed by atoms with Gasteiger partial charge in [0.05, 0.1) is 54.0 Å². The van der Waals surface area contributed by atoms with E-state index in [0.717, 1.165) is 69.4 Å². The molecule has 300 valence electrons. The van der Waals surface area contributed by atoms with Crippen molar-refractivity contribution in [2.24, 2.45) is 5.92 Å². The van der Waals surface area contributed by atoms with Crippen LogP contribution in [0.5, 0.6) is 0 Å². The molecule has 0 spiro atoms. The van der Waals surface area contributed by atoms with Gasteiger partial charge in [-0.25, -0.2) is 19.6 Å². The number of methoxy groups -OCH3 is 2. The minimum Gasteiger partial charge on any atom is -0.453 e. The Labute approximate surface area is 330 Å². The molecule has 15 heteroatoms. The third-order valence-corrected chi connectivity index (χ3v) is 11.0. The largest absolute Gasteiger partial charge is 0.453 e. The monoisotopic (exact) mass is 778 g/mol. The average molecular weight is 779 g/mol. The molecule has 57 heavy (non-hydrogen) atoms. The quantitative estimate of drug-likeness (QED) is 0.113. The van der Waals surface area contributed by atoms with Gasteiger partial charge in [0.1, 0.15) is 23.7 Å². The van der Waals surface area contributed by atoms with E-state index in [0.29, 0.717) is 25.3 Å². The molecule has 5 aromatic rings. The molecule has 4 heterocycles. The number of aliphatic hydroxyl groups is 1. The molecule has 5 N–H and O–H groups in total. The number of H-pyrrole nitrogens is 2. The van der Waals surface area contributed by atoms with Gasteiger partial charge in [0.15, 0.2) is 0 Å². The zero-order chi connectivity index (χ0) is 40.6. The predicted octanol–water partition coefficient (Wildman–Crippen LogP) is 5.98. The van der Waals surface area contributed by atoms with Crippen LogP contribution < -0.4 is 10.6 Å². The molecule has 2 fully saturated rings. The maximum Gasteiger partial charge on any atom is 0.407 e. The number of benzene rings is 3. The molecule has 3 aromatic carbocycles. The van der Waals surface area contributed by atoms with Crippen molar-refractivity contribution in [3.05, 3.63) is 72.3 Å². The van der Waals surface area contributed by atoms with E-state index in [1.165, 1.54) is 28.1 Å². The fourth-order valence-electron chi connectivity index (χ4n) is 7.98. The van der Waals surface area contributed by atoms with Crippen molar-refractivity contribution < 1.29 is 33.8 Å². The zero-order valence-electron chi connectivity index (χ0n) is 33.1. The highest BCUT2D eigenvalue weighted by atomic mass is 16.5. The Kier molecular flexibility index (Phi) is 10.9. The number of amides is 4. The lowest BCUT2D eigenvalue weighted by Crippen LogP contribution is -2.58. The normalized spacial score (nSPS) is 18.2. The molecule has 2 aliphatic heterocycles. The summed E-state index contributed by atoms with van der Waals surface area (Å²) in [5, 5.41) is 15.9. The number of aromatic nitrogens is 4. The minimum absolute atomic E-state index is 0.115. The second-order valence-corrected chi connectivity index (χ2v) is 15.7. The summed E-state index contributed by atoms with van der Waals surface area (Å²) in [6.45, 7) is 7.81. The fraction of sp³-hybridized carbons (Fsp3) is 0.429. The second-order valence-electron chi connectivity index (χ2n) is 15.7. The molecule has 4 amide bonds. The van der Waals surface area contributed by atoms with E-state index in [4.69, 9.17) is 19.4 Å². The molecule has 2 aromatic heterocycles. The summed E-state index contributed by atoms with van der Waals surface area (Å²) in [6, 6.07) is 18.0. The Balaban J connectivity index is 1.07. The van der Waals surface area contributed by atoms with Gasteiger partial charge in [0.2, 0.25) is 11.8 Å². The third kappa shape index (κ3) is 8.01. The highest BCUT2D eigenvalue weighted by Crippen LogP contribution is 2.36. The van der Waals surface area contributed by atoms with Crippen molar-refractivity contribution in [2.45, 2.75) is 83.1 Å². The highest BCUT2D eigenvalue weighted by molar-refractivity contribution is 5.89. The van der Waals surface area contributed by atoms with Gasteiger partial charge in [0, 0.05) is 13.1 Å². The first kappa shape index (κ1) is 39.3. The van der Waals surface area contributed by atoms with Crippen molar-refractivity contribution in [3.8, 4) is 22.3 Å². The lowest BCUT2D eigenvalue weighted by Gasteiger charge is -2.34. The van der Waals surface area contributed by atoms with Gasteiger partial charge in [-0.1, -0.05) is 50.2 Å². The van der Waals surface area contributed by atoms with Gasteiger partial charge in [-0.3, -0.25) is 9.59 Å². The lowest BCUT2D eigenvalue weighted by atomic mass is 9.97. The van der Waals surface area contributed by atoms with Crippen molar-refractivity contribution >= 4 is 46.1 Å². The van der Waals surface area contributed by atoms with E-state index in [2.05, 4.69) is 50.9 Å². The Morgan fingerprint density at radius 3 is 1.60 bits per heavy atom. The molecule has 0 saturated carbocycles. The summed E-state index contributed by atoms with van der Waals surface area (Å²) in [4.78, 5) is 71.4. The molecule has 2 saturated heterocycles. The van der Waals surface area contributed by atoms with Crippen molar-refractivity contribution in [1.82, 2.24) is 40.4 Å². The molecule has 15 nitrogen and oxygen atoms in total. The first-order chi connectivity index (χ1) is 27.2. The smallest absolute Gasteiger partial charge is 0.407 e. The van der Waals surface area contributed by atoms with Crippen LogP contribution >= 0.6 is 0 Å². The lowest BCUT2D eigenvalue weighted by molar-refractivity contribution is -0.140.